The van der Waals surface area contributed by atoms with E-state index in [1.54, 1.807) is 14.2 Å². The summed E-state index contributed by atoms with van der Waals surface area (Å²) < 4.78 is 11.0. The van der Waals surface area contributed by atoms with Crippen LogP contribution in [0, 0.1) is 5.92 Å². The molecule has 2 heterocycles. The van der Waals surface area contributed by atoms with E-state index >= 15 is 0 Å². The summed E-state index contributed by atoms with van der Waals surface area (Å²) in [6.07, 6.45) is 5.14. The number of rotatable bonds is 7. The molecule has 2 aromatic rings. The molecule has 0 N–H and O–H groups in total. The molecule has 0 aliphatic carbocycles. The van der Waals surface area contributed by atoms with Gasteiger partial charge in [0, 0.05) is 31.3 Å². The molecule has 0 aromatic heterocycles. The highest BCUT2D eigenvalue weighted by Gasteiger charge is 2.36. The third kappa shape index (κ3) is 5.04. The van der Waals surface area contributed by atoms with Crippen molar-refractivity contribution in [3.05, 3.63) is 59.7 Å². The van der Waals surface area contributed by atoms with Crippen LogP contribution in [0.5, 0.6) is 11.5 Å². The molecule has 0 saturated carbocycles. The largest absolute Gasteiger partial charge is 0.497 e. The molecule has 166 valence electrons. The Bertz CT molecular complexity index is 870. The van der Waals surface area contributed by atoms with E-state index in [0.29, 0.717) is 5.91 Å². The molecular weight excluding hydrogens is 388 g/mol. The number of methoxy groups -OCH3 is 2. The minimum absolute atomic E-state index is 0.0908. The maximum Gasteiger partial charge on any atom is 0.227 e. The van der Waals surface area contributed by atoms with E-state index in [1.165, 1.54) is 5.56 Å². The minimum atomic E-state index is 0.0908. The number of nitrogens with zero attached hydrogens (tertiary/aromatic N) is 2. The maximum atomic E-state index is 13.6. The predicted octanol–water partition coefficient (Wildman–Crippen LogP) is 4.32. The molecule has 1 amide bonds. The van der Waals surface area contributed by atoms with Crippen molar-refractivity contribution in [2.75, 3.05) is 40.4 Å². The molecule has 2 aromatic carbocycles. The average molecular weight is 423 g/mol. The van der Waals surface area contributed by atoms with Gasteiger partial charge in [0.1, 0.15) is 11.5 Å². The van der Waals surface area contributed by atoms with E-state index in [2.05, 4.69) is 46.2 Å². The van der Waals surface area contributed by atoms with Gasteiger partial charge in [-0.3, -0.25) is 4.79 Å². The fourth-order valence-corrected chi connectivity index (χ4v) is 5.07. The predicted molar refractivity (Wildman–Crippen MR) is 123 cm³/mol. The first kappa shape index (κ1) is 21.7. The van der Waals surface area contributed by atoms with Gasteiger partial charge in [0.25, 0.3) is 0 Å². The first-order valence-electron chi connectivity index (χ1n) is 11.5. The number of carbonyl (C=O) groups is 1. The second kappa shape index (κ2) is 10.2. The second-order valence-corrected chi connectivity index (χ2v) is 8.67. The quantitative estimate of drug-likeness (QED) is 0.666. The maximum absolute atomic E-state index is 13.6. The average Bonchev–Trinajstić information content (AvgIpc) is 3.32. The van der Waals surface area contributed by atoms with Gasteiger partial charge in [-0.1, -0.05) is 30.3 Å². The van der Waals surface area contributed by atoms with Crippen LogP contribution >= 0.6 is 0 Å². The van der Waals surface area contributed by atoms with Crippen LogP contribution in [-0.4, -0.2) is 56.1 Å². The highest BCUT2D eigenvalue weighted by atomic mass is 16.5. The van der Waals surface area contributed by atoms with Gasteiger partial charge in [0.15, 0.2) is 0 Å². The highest BCUT2D eigenvalue weighted by molar-refractivity contribution is 5.80. The molecule has 0 radical (unpaired) electrons. The Hall–Kier alpha value is -2.53. The zero-order chi connectivity index (χ0) is 21.6. The van der Waals surface area contributed by atoms with Crippen LogP contribution in [0.1, 0.15) is 42.9 Å². The van der Waals surface area contributed by atoms with Crippen LogP contribution in [0.25, 0.3) is 0 Å². The number of likely N-dealkylation sites (tertiary alicyclic amines) is 2. The van der Waals surface area contributed by atoms with Gasteiger partial charge in [0.2, 0.25) is 5.91 Å². The Morgan fingerprint density at radius 3 is 2.58 bits per heavy atom. The molecular formula is C26H34N2O3. The smallest absolute Gasteiger partial charge is 0.227 e. The molecule has 31 heavy (non-hydrogen) atoms. The Labute approximate surface area is 185 Å². The Morgan fingerprint density at radius 2 is 1.81 bits per heavy atom. The van der Waals surface area contributed by atoms with Crippen LogP contribution < -0.4 is 9.47 Å². The topological polar surface area (TPSA) is 42.0 Å². The number of amides is 1. The van der Waals surface area contributed by atoms with Crippen LogP contribution in [-0.2, 0) is 11.2 Å². The number of carbonyl (C=O) groups excluding carboxylic acids is 1. The van der Waals surface area contributed by atoms with Crippen molar-refractivity contribution in [2.45, 2.75) is 38.1 Å². The number of piperidine rings is 1. The van der Waals surface area contributed by atoms with Crippen LogP contribution in [0.3, 0.4) is 0 Å². The molecule has 2 aliphatic rings. The lowest BCUT2D eigenvalue weighted by molar-refractivity contribution is -0.138. The fraction of sp³-hybridized carbons (Fsp3) is 0.500. The van der Waals surface area contributed by atoms with Gasteiger partial charge in [-0.15, -0.1) is 0 Å². The van der Waals surface area contributed by atoms with E-state index in [9.17, 15) is 4.79 Å². The van der Waals surface area contributed by atoms with E-state index in [1.807, 2.05) is 12.1 Å². The van der Waals surface area contributed by atoms with Gasteiger partial charge in [-0.05, 0) is 56.3 Å². The zero-order valence-electron chi connectivity index (χ0n) is 18.8. The van der Waals surface area contributed by atoms with Gasteiger partial charge in [-0.25, -0.2) is 0 Å². The molecule has 5 heteroatoms. The summed E-state index contributed by atoms with van der Waals surface area (Å²) in [6.45, 7) is 3.81. The van der Waals surface area contributed by atoms with Crippen molar-refractivity contribution in [3.8, 4) is 11.5 Å². The van der Waals surface area contributed by atoms with Crippen LogP contribution in [0.2, 0.25) is 0 Å². The van der Waals surface area contributed by atoms with Crippen molar-refractivity contribution >= 4 is 5.91 Å². The monoisotopic (exact) mass is 422 g/mol. The molecule has 0 bridgehead atoms. The lowest BCUT2D eigenvalue weighted by Gasteiger charge is -2.36. The SMILES string of the molecule is COc1ccc(C2CCCN2C(=O)C2CCCN(CCc3ccccc3)C2)c(OC)c1. The summed E-state index contributed by atoms with van der Waals surface area (Å²) in [5.41, 5.74) is 2.45. The molecule has 5 nitrogen and oxygen atoms in total. The first-order chi connectivity index (χ1) is 15.2. The first-order valence-corrected chi connectivity index (χ1v) is 11.5. The Morgan fingerprint density at radius 1 is 1.00 bits per heavy atom. The molecule has 2 saturated heterocycles. The van der Waals surface area contributed by atoms with Crippen LogP contribution in [0.15, 0.2) is 48.5 Å². The van der Waals surface area contributed by atoms with Crippen molar-refractivity contribution in [1.29, 1.82) is 0 Å². The number of benzene rings is 2. The third-order valence-corrected chi connectivity index (χ3v) is 6.75. The summed E-state index contributed by atoms with van der Waals surface area (Å²) >= 11 is 0. The number of hydrogen-bond donors (Lipinski definition) is 0. The van der Waals surface area contributed by atoms with E-state index in [4.69, 9.17) is 9.47 Å². The summed E-state index contributed by atoms with van der Waals surface area (Å²) in [4.78, 5) is 18.1. The third-order valence-electron chi connectivity index (χ3n) is 6.75. The molecule has 0 spiro atoms. The van der Waals surface area contributed by atoms with Gasteiger partial charge in [0.05, 0.1) is 26.2 Å². The van der Waals surface area contributed by atoms with Gasteiger partial charge < -0.3 is 19.3 Å². The summed E-state index contributed by atoms with van der Waals surface area (Å²) in [6, 6.07) is 16.6. The fourth-order valence-electron chi connectivity index (χ4n) is 5.07. The lowest BCUT2D eigenvalue weighted by atomic mass is 9.94. The standard InChI is InChI=1S/C26H34N2O3/c1-30-22-12-13-23(25(18-22)31-2)24-11-7-16-28(24)26(29)21-10-6-15-27(19-21)17-14-20-8-4-3-5-9-20/h3-5,8-9,12-13,18,21,24H,6-7,10-11,14-17,19H2,1-2H3. The number of ether oxygens (including phenoxy) is 2. The molecule has 2 atom stereocenters. The van der Waals surface area contributed by atoms with E-state index in [-0.39, 0.29) is 12.0 Å². The van der Waals surface area contributed by atoms with Gasteiger partial charge in [-0.2, -0.15) is 0 Å². The van der Waals surface area contributed by atoms with Crippen molar-refractivity contribution in [3.63, 3.8) is 0 Å². The van der Waals surface area contributed by atoms with Crippen molar-refractivity contribution in [1.82, 2.24) is 9.80 Å². The summed E-state index contributed by atoms with van der Waals surface area (Å²) in [5, 5.41) is 0. The molecule has 2 aliphatic heterocycles. The second-order valence-electron chi connectivity index (χ2n) is 8.67. The summed E-state index contributed by atoms with van der Waals surface area (Å²) in [7, 11) is 3.34. The van der Waals surface area contributed by atoms with E-state index in [0.717, 1.165) is 75.3 Å². The van der Waals surface area contributed by atoms with Crippen molar-refractivity contribution in [2.24, 2.45) is 5.92 Å². The van der Waals surface area contributed by atoms with Crippen LogP contribution in [0.4, 0.5) is 0 Å². The normalized spacial score (nSPS) is 21.8. The van der Waals surface area contributed by atoms with E-state index < -0.39 is 0 Å². The highest BCUT2D eigenvalue weighted by Crippen LogP contribution is 2.40. The molecule has 4 rings (SSSR count). The van der Waals surface area contributed by atoms with Gasteiger partial charge >= 0.3 is 0 Å². The summed E-state index contributed by atoms with van der Waals surface area (Å²) in [5.74, 6) is 1.98. The molecule has 2 fully saturated rings. The Balaban J connectivity index is 1.42. The lowest BCUT2D eigenvalue weighted by Crippen LogP contribution is -2.45. The minimum Gasteiger partial charge on any atom is -0.497 e. The molecule has 2 unspecified atom stereocenters. The number of hydrogen-bond acceptors (Lipinski definition) is 4. The van der Waals surface area contributed by atoms with Crippen molar-refractivity contribution < 1.29 is 14.3 Å². The zero-order valence-corrected chi connectivity index (χ0v) is 18.8. The Kier molecular flexibility index (Phi) is 7.13.